The molecule has 0 spiro atoms. The van der Waals surface area contributed by atoms with E-state index in [4.69, 9.17) is 19.4 Å². The van der Waals surface area contributed by atoms with E-state index in [1.54, 1.807) is 6.33 Å². The van der Waals surface area contributed by atoms with Crippen LogP contribution in [-0.2, 0) is 9.47 Å². The number of hydrogen-bond donors (Lipinski definition) is 0. The van der Waals surface area contributed by atoms with Crippen LogP contribution in [0.4, 0.5) is 11.6 Å². The highest BCUT2D eigenvalue weighted by Gasteiger charge is 2.21. The van der Waals surface area contributed by atoms with E-state index in [1.165, 1.54) is 0 Å². The predicted octanol–water partition coefficient (Wildman–Crippen LogP) is 2.27. The zero-order chi connectivity index (χ0) is 19.6. The molecule has 1 atom stereocenters. The summed E-state index contributed by atoms with van der Waals surface area (Å²) < 4.78 is 13.3. The van der Waals surface area contributed by atoms with Gasteiger partial charge in [-0.1, -0.05) is 12.1 Å². The van der Waals surface area contributed by atoms with Gasteiger partial charge >= 0.3 is 0 Å². The highest BCUT2D eigenvalue weighted by molar-refractivity contribution is 5.76. The Bertz CT molecular complexity index is 984. The van der Waals surface area contributed by atoms with E-state index in [0.29, 0.717) is 5.95 Å². The monoisotopic (exact) mass is 394 g/mol. The molecule has 0 N–H and O–H groups in total. The molecule has 2 aliphatic heterocycles. The Balaban J connectivity index is 1.59. The van der Waals surface area contributed by atoms with Gasteiger partial charge in [0.1, 0.15) is 18.0 Å². The predicted molar refractivity (Wildman–Crippen MR) is 112 cm³/mol. The fourth-order valence-electron chi connectivity index (χ4n) is 3.96. The largest absolute Gasteiger partial charge is 0.378 e. The summed E-state index contributed by atoms with van der Waals surface area (Å²) >= 11 is 0. The lowest BCUT2D eigenvalue weighted by molar-refractivity contribution is 0.0820. The van der Waals surface area contributed by atoms with Gasteiger partial charge < -0.3 is 19.3 Å². The molecule has 1 aromatic carbocycles. The third-order valence-corrected chi connectivity index (χ3v) is 5.47. The lowest BCUT2D eigenvalue weighted by Crippen LogP contribution is -2.37. The van der Waals surface area contributed by atoms with Crippen LogP contribution >= 0.6 is 0 Å². The molecular formula is C21H26N6O2. The number of aromatic nitrogens is 4. The van der Waals surface area contributed by atoms with Gasteiger partial charge in [0.05, 0.1) is 30.4 Å². The Morgan fingerprint density at radius 1 is 0.966 bits per heavy atom. The molecule has 29 heavy (non-hydrogen) atoms. The number of nitrogens with zero attached hydrogens (tertiary/aromatic N) is 6. The van der Waals surface area contributed by atoms with E-state index in [2.05, 4.69) is 33.8 Å². The van der Waals surface area contributed by atoms with Crippen LogP contribution in [0, 0.1) is 0 Å². The summed E-state index contributed by atoms with van der Waals surface area (Å²) in [5.41, 5.74) is 1.94. The molecule has 2 saturated heterocycles. The molecule has 0 saturated carbocycles. The van der Waals surface area contributed by atoms with Crippen molar-refractivity contribution in [3.8, 4) is 5.95 Å². The van der Waals surface area contributed by atoms with Crippen LogP contribution in [0.25, 0.3) is 17.0 Å². The van der Waals surface area contributed by atoms with E-state index in [0.717, 1.165) is 75.1 Å². The Morgan fingerprint density at radius 2 is 1.76 bits per heavy atom. The fourth-order valence-corrected chi connectivity index (χ4v) is 3.96. The normalized spacial score (nSPS) is 20.8. The van der Waals surface area contributed by atoms with Crippen LogP contribution < -0.4 is 9.80 Å². The van der Waals surface area contributed by atoms with Gasteiger partial charge in [-0.05, 0) is 25.5 Å². The van der Waals surface area contributed by atoms with Crippen molar-refractivity contribution in [3.05, 3.63) is 36.7 Å². The van der Waals surface area contributed by atoms with Crippen molar-refractivity contribution < 1.29 is 9.47 Å². The Hall–Kier alpha value is -2.71. The lowest BCUT2D eigenvalue weighted by Gasteiger charge is -2.30. The second-order valence-electron chi connectivity index (χ2n) is 7.57. The van der Waals surface area contributed by atoms with Crippen molar-refractivity contribution in [2.24, 2.45) is 0 Å². The van der Waals surface area contributed by atoms with Crippen LogP contribution in [-0.4, -0.2) is 71.6 Å². The number of para-hydroxylation sites is 2. The van der Waals surface area contributed by atoms with Gasteiger partial charge in [0.2, 0.25) is 5.95 Å². The second-order valence-corrected chi connectivity index (χ2v) is 7.57. The third kappa shape index (κ3) is 3.77. The number of ether oxygens (including phenoxy) is 2. The maximum absolute atomic E-state index is 5.83. The van der Waals surface area contributed by atoms with Crippen molar-refractivity contribution in [2.75, 3.05) is 55.8 Å². The number of hydrogen-bond acceptors (Lipinski definition) is 7. The van der Waals surface area contributed by atoms with Crippen molar-refractivity contribution in [1.82, 2.24) is 19.5 Å². The first-order valence-corrected chi connectivity index (χ1v) is 10.3. The topological polar surface area (TPSA) is 68.5 Å². The summed E-state index contributed by atoms with van der Waals surface area (Å²) in [7, 11) is 0. The summed E-state index contributed by atoms with van der Waals surface area (Å²) in [6.07, 6.45) is 2.97. The van der Waals surface area contributed by atoms with Crippen molar-refractivity contribution in [2.45, 2.75) is 19.4 Å². The number of benzene rings is 1. The van der Waals surface area contributed by atoms with E-state index < -0.39 is 0 Å². The van der Waals surface area contributed by atoms with Gasteiger partial charge in [0, 0.05) is 38.9 Å². The van der Waals surface area contributed by atoms with Crippen molar-refractivity contribution in [1.29, 1.82) is 0 Å². The number of imidazole rings is 1. The first-order valence-electron chi connectivity index (χ1n) is 10.3. The van der Waals surface area contributed by atoms with Gasteiger partial charge in [-0.2, -0.15) is 9.97 Å². The standard InChI is InChI=1S/C21H26N6O2/c1-16-14-26(7-4-10-29-16)20-13-19(25-8-11-28-12-9-25)23-21(24-20)27-15-22-17-5-2-3-6-18(17)27/h2-3,5-6,13,15-16H,4,7-12,14H2,1H3. The summed E-state index contributed by atoms with van der Waals surface area (Å²) in [6.45, 7) is 7.76. The molecule has 0 bridgehead atoms. The molecule has 3 aromatic rings. The molecule has 0 amide bonds. The lowest BCUT2D eigenvalue weighted by atomic mass is 10.3. The first-order chi connectivity index (χ1) is 14.3. The molecule has 0 aliphatic carbocycles. The van der Waals surface area contributed by atoms with Crippen molar-refractivity contribution >= 4 is 22.7 Å². The summed E-state index contributed by atoms with van der Waals surface area (Å²) in [5.74, 6) is 2.52. The summed E-state index contributed by atoms with van der Waals surface area (Å²) in [6, 6.07) is 10.2. The molecule has 2 fully saturated rings. The number of anilines is 2. The zero-order valence-electron chi connectivity index (χ0n) is 16.7. The van der Waals surface area contributed by atoms with Gasteiger partial charge in [-0.15, -0.1) is 0 Å². The highest BCUT2D eigenvalue weighted by Crippen LogP contribution is 2.25. The molecule has 2 aliphatic rings. The van der Waals surface area contributed by atoms with E-state index in [9.17, 15) is 0 Å². The van der Waals surface area contributed by atoms with Gasteiger partial charge in [0.25, 0.3) is 0 Å². The van der Waals surface area contributed by atoms with E-state index in [-0.39, 0.29) is 6.10 Å². The van der Waals surface area contributed by atoms with E-state index >= 15 is 0 Å². The number of morpholine rings is 1. The minimum absolute atomic E-state index is 0.178. The smallest absolute Gasteiger partial charge is 0.239 e. The van der Waals surface area contributed by atoms with Gasteiger partial charge in [-0.25, -0.2) is 4.98 Å². The second kappa shape index (κ2) is 7.96. The number of fused-ring (bicyclic) bond motifs is 1. The molecule has 8 nitrogen and oxygen atoms in total. The van der Waals surface area contributed by atoms with Gasteiger partial charge in [0.15, 0.2) is 0 Å². The Kier molecular flexibility index (Phi) is 5.03. The van der Waals surface area contributed by atoms with E-state index in [1.807, 2.05) is 22.8 Å². The van der Waals surface area contributed by atoms with Crippen LogP contribution in [0.5, 0.6) is 0 Å². The van der Waals surface area contributed by atoms with Gasteiger partial charge in [-0.3, -0.25) is 4.57 Å². The highest BCUT2D eigenvalue weighted by atomic mass is 16.5. The summed E-state index contributed by atoms with van der Waals surface area (Å²) in [5, 5.41) is 0. The fraction of sp³-hybridized carbons (Fsp3) is 0.476. The third-order valence-electron chi connectivity index (χ3n) is 5.47. The average Bonchev–Trinajstić information content (AvgIpc) is 3.08. The SMILES string of the molecule is CC1CN(c2cc(N3CCOCC3)nc(-n3cnc4ccccc43)n2)CCCO1. The van der Waals surface area contributed by atoms with Crippen molar-refractivity contribution in [3.63, 3.8) is 0 Å². The molecule has 5 rings (SSSR count). The van der Waals surface area contributed by atoms with Crippen LogP contribution in [0.3, 0.4) is 0 Å². The molecule has 8 heteroatoms. The average molecular weight is 394 g/mol. The maximum Gasteiger partial charge on any atom is 0.239 e. The summed E-state index contributed by atoms with van der Waals surface area (Å²) in [4.78, 5) is 19.0. The molecule has 152 valence electrons. The quantitative estimate of drug-likeness (QED) is 0.675. The maximum atomic E-state index is 5.83. The Labute approximate surface area is 170 Å². The molecular weight excluding hydrogens is 368 g/mol. The minimum atomic E-state index is 0.178. The molecule has 0 radical (unpaired) electrons. The van der Waals surface area contributed by atoms with Crippen LogP contribution in [0.15, 0.2) is 36.7 Å². The first kappa shape index (κ1) is 18.3. The van der Waals surface area contributed by atoms with Crippen LogP contribution in [0.2, 0.25) is 0 Å². The molecule has 2 aromatic heterocycles. The minimum Gasteiger partial charge on any atom is -0.378 e. The molecule has 4 heterocycles. The number of rotatable bonds is 3. The van der Waals surface area contributed by atoms with Crippen LogP contribution in [0.1, 0.15) is 13.3 Å². The zero-order valence-corrected chi connectivity index (χ0v) is 16.7. The Morgan fingerprint density at radius 3 is 2.62 bits per heavy atom. The molecule has 1 unspecified atom stereocenters.